The Bertz CT molecular complexity index is 924. The fourth-order valence-corrected chi connectivity index (χ4v) is 2.53. The van der Waals surface area contributed by atoms with E-state index in [1.807, 2.05) is 0 Å². The molecule has 18 nitrogen and oxygen atoms in total. The van der Waals surface area contributed by atoms with Crippen molar-refractivity contribution in [2.45, 2.75) is 42.7 Å². The molecule has 0 bridgehead atoms. The molecule has 0 amide bonds. The van der Waals surface area contributed by atoms with E-state index >= 15 is 0 Å². The second-order valence-corrected chi connectivity index (χ2v) is 7.01. The summed E-state index contributed by atoms with van der Waals surface area (Å²) in [6, 6.07) is 0. The molecule has 3 aliphatic heterocycles. The van der Waals surface area contributed by atoms with E-state index in [9.17, 15) is 28.8 Å². The van der Waals surface area contributed by atoms with Gasteiger partial charge in [0.2, 0.25) is 5.76 Å². The minimum atomic E-state index is -1.67. The summed E-state index contributed by atoms with van der Waals surface area (Å²) in [4.78, 5) is 63.3. The summed E-state index contributed by atoms with van der Waals surface area (Å²) in [6.45, 7) is -2.09. The third-order valence-corrected chi connectivity index (χ3v) is 4.50. The molecule has 3 rings (SSSR count). The minimum absolute atomic E-state index is 0. The van der Waals surface area contributed by atoms with Crippen LogP contribution in [0.5, 0.6) is 0 Å². The van der Waals surface area contributed by atoms with Crippen LogP contribution >= 0.6 is 0 Å². The van der Waals surface area contributed by atoms with Gasteiger partial charge in [0, 0.05) is 2.85 Å². The highest BCUT2D eigenvalue weighted by molar-refractivity contribution is 6.65. The van der Waals surface area contributed by atoms with Crippen LogP contribution in [-0.4, -0.2) is 144 Å². The molecule has 0 aromatic rings. The number of hydrogen-bond acceptors (Lipinski definition) is 18. The van der Waals surface area contributed by atoms with E-state index in [-0.39, 0.29) is 2.85 Å². The van der Waals surface area contributed by atoms with Crippen molar-refractivity contribution < 1.29 is 91.8 Å². The lowest BCUT2D eigenvalue weighted by Crippen LogP contribution is -2.38. The van der Waals surface area contributed by atoms with Crippen molar-refractivity contribution in [1.29, 1.82) is 0 Å². The molecule has 7 atom stereocenters. The number of esters is 3. The van der Waals surface area contributed by atoms with Crippen LogP contribution in [0.2, 0.25) is 0 Å². The minimum Gasteiger partial charge on any atom is -0.505 e. The van der Waals surface area contributed by atoms with Crippen molar-refractivity contribution in [2.24, 2.45) is 0 Å². The van der Waals surface area contributed by atoms with Crippen LogP contribution in [0.4, 0.5) is 0 Å². The maximum Gasteiger partial charge on any atom is 0.383 e. The molecule has 2 fully saturated rings. The normalized spacial score (nSPS) is 27.9. The maximum absolute atomic E-state index is 10.7. The Morgan fingerprint density at radius 1 is 0.667 bits per heavy atom. The van der Waals surface area contributed by atoms with Crippen molar-refractivity contribution >= 4 is 35.3 Å². The predicted octanol–water partition coefficient (Wildman–Crippen LogP) is -6.32. The average molecular weight is 530 g/mol. The summed E-state index contributed by atoms with van der Waals surface area (Å²) in [5.74, 6) is -8.72. The molecule has 3 heterocycles. The Balaban J connectivity index is 0. The number of aliphatic hydroxyl groups excluding tert-OH is 9. The van der Waals surface area contributed by atoms with Crippen LogP contribution in [0.15, 0.2) is 11.5 Å². The number of hydrogen-bond donors (Lipinski definition) is 9. The van der Waals surface area contributed by atoms with Crippen LogP contribution in [0.25, 0.3) is 0 Å². The van der Waals surface area contributed by atoms with E-state index in [2.05, 4.69) is 14.2 Å². The third kappa shape index (κ3) is 6.79. The van der Waals surface area contributed by atoms with Crippen molar-refractivity contribution in [1.82, 2.24) is 0 Å². The number of Topliss-reactive ketones (excluding diaryl/α,β-unsaturated/α-hetero) is 3. The van der Waals surface area contributed by atoms with Crippen molar-refractivity contribution in [3.05, 3.63) is 11.5 Å². The van der Waals surface area contributed by atoms with Gasteiger partial charge in [-0.15, -0.1) is 0 Å². The Kier molecular flexibility index (Phi) is 11.0. The maximum atomic E-state index is 10.7. The summed E-state index contributed by atoms with van der Waals surface area (Å²) in [7, 11) is 0. The van der Waals surface area contributed by atoms with Crippen LogP contribution in [-0.2, 0) is 43.0 Å². The summed E-state index contributed by atoms with van der Waals surface area (Å²) in [5.41, 5.74) is 0. The number of carbonyl (C=O) groups excluding carboxylic acids is 6. The molecule has 7 unspecified atom stereocenters. The van der Waals surface area contributed by atoms with Gasteiger partial charge in [-0.2, -0.15) is 0 Å². The first-order valence-electron chi connectivity index (χ1n) is 9.65. The largest absolute Gasteiger partial charge is 0.505 e. The zero-order valence-electron chi connectivity index (χ0n) is 17.9. The lowest BCUT2D eigenvalue weighted by molar-refractivity contribution is -0.152. The summed E-state index contributed by atoms with van der Waals surface area (Å²) >= 11 is 0. The number of carbonyl (C=O) groups is 6. The quantitative estimate of drug-likeness (QED) is 0.0875. The van der Waals surface area contributed by atoms with Crippen LogP contribution in [0.3, 0.4) is 0 Å². The summed E-state index contributed by atoms with van der Waals surface area (Å²) in [6.07, 6.45) is -10.3. The number of aliphatic hydroxyl groups is 9. The second-order valence-electron chi connectivity index (χ2n) is 7.01. The molecule has 0 spiro atoms. The molecule has 0 saturated carbocycles. The molecular weight excluding hydrogens is 504 g/mol. The number of cyclic esters (lactones) is 3. The molecule has 36 heavy (non-hydrogen) atoms. The molecule has 0 aromatic heterocycles. The van der Waals surface area contributed by atoms with E-state index in [0.29, 0.717) is 0 Å². The van der Waals surface area contributed by atoms with E-state index in [1.54, 1.807) is 0 Å². The van der Waals surface area contributed by atoms with Gasteiger partial charge < -0.3 is 60.2 Å². The van der Waals surface area contributed by atoms with Crippen LogP contribution < -0.4 is 0 Å². The standard InChI is InChI=1S/2C6H8O6.C6H6O6.2H2/c3*7-1-2(8)5-3(9)4(10)6(11)12-5;;/h2,5,7-10H,1H2;2-3,5,7-9H,1H2;2,5,7-8H,1H2;2*1H. The third-order valence-electron chi connectivity index (χ3n) is 4.50. The highest BCUT2D eigenvalue weighted by Gasteiger charge is 2.46. The van der Waals surface area contributed by atoms with E-state index < -0.39 is 109 Å². The van der Waals surface area contributed by atoms with E-state index in [4.69, 9.17) is 46.0 Å². The number of ether oxygens (including phenoxy) is 3. The second kappa shape index (κ2) is 13.0. The van der Waals surface area contributed by atoms with Gasteiger partial charge in [-0.25, -0.2) is 14.4 Å². The highest BCUT2D eigenvalue weighted by atomic mass is 16.6. The molecule has 0 aromatic carbocycles. The number of rotatable bonds is 6. The van der Waals surface area contributed by atoms with E-state index in [1.165, 1.54) is 0 Å². The lowest BCUT2D eigenvalue weighted by Gasteiger charge is -2.15. The van der Waals surface area contributed by atoms with Crippen molar-refractivity contribution in [2.75, 3.05) is 19.8 Å². The van der Waals surface area contributed by atoms with Crippen molar-refractivity contribution in [3.8, 4) is 0 Å². The zero-order valence-corrected chi connectivity index (χ0v) is 17.9. The molecular formula is C18H26O18. The smallest absolute Gasteiger partial charge is 0.383 e. The van der Waals surface area contributed by atoms with Gasteiger partial charge in [0.05, 0.1) is 19.8 Å². The molecule has 0 aliphatic carbocycles. The monoisotopic (exact) mass is 530 g/mol. The Morgan fingerprint density at radius 3 is 1.47 bits per heavy atom. The first-order valence-corrected chi connectivity index (χ1v) is 9.65. The Labute approximate surface area is 202 Å². The SMILES string of the molecule is O=C1OC(C(O)CO)C(=O)C1=O.O=C1OC(C(O)CO)C(O)=C1O.O=C1OC(C(O)CO)C(O)C1=O.[HH].[HH]. The Hall–Kier alpha value is -3.52. The first-order chi connectivity index (χ1) is 16.7. The zero-order chi connectivity index (χ0) is 27.9. The summed E-state index contributed by atoms with van der Waals surface area (Å²) < 4.78 is 12.8. The fourth-order valence-electron chi connectivity index (χ4n) is 2.53. The molecule has 2 saturated heterocycles. The van der Waals surface area contributed by atoms with Gasteiger partial charge in [0.25, 0.3) is 11.6 Å². The lowest BCUT2D eigenvalue weighted by atomic mass is 10.1. The molecule has 206 valence electrons. The van der Waals surface area contributed by atoms with Gasteiger partial charge >= 0.3 is 23.7 Å². The van der Waals surface area contributed by atoms with Gasteiger partial charge in [-0.05, 0) is 0 Å². The fraction of sp³-hybridized carbons (Fsp3) is 0.556. The van der Waals surface area contributed by atoms with Gasteiger partial charge in [-0.3, -0.25) is 14.4 Å². The summed E-state index contributed by atoms with van der Waals surface area (Å²) in [5, 5.41) is 78.6. The topological polar surface area (TPSA) is 312 Å². The van der Waals surface area contributed by atoms with Crippen LogP contribution in [0, 0.1) is 0 Å². The predicted molar refractivity (Wildman–Crippen MR) is 106 cm³/mol. The number of ketones is 3. The molecule has 9 N–H and O–H groups in total. The molecule has 18 heteroatoms. The molecule has 0 radical (unpaired) electrons. The van der Waals surface area contributed by atoms with Crippen molar-refractivity contribution in [3.63, 3.8) is 0 Å². The van der Waals surface area contributed by atoms with Gasteiger partial charge in [0.15, 0.2) is 30.2 Å². The highest BCUT2D eigenvalue weighted by Crippen LogP contribution is 2.21. The average Bonchev–Trinajstić information content (AvgIpc) is 3.40. The van der Waals surface area contributed by atoms with Gasteiger partial charge in [0.1, 0.15) is 18.3 Å². The van der Waals surface area contributed by atoms with Gasteiger partial charge in [-0.1, -0.05) is 0 Å². The Morgan fingerprint density at radius 2 is 1.14 bits per heavy atom. The van der Waals surface area contributed by atoms with Crippen LogP contribution in [0.1, 0.15) is 2.85 Å². The molecule has 3 aliphatic rings. The van der Waals surface area contributed by atoms with E-state index in [0.717, 1.165) is 0 Å². The first kappa shape index (κ1) is 30.5.